The molecule has 23 heavy (non-hydrogen) atoms. The van der Waals surface area contributed by atoms with Crippen molar-refractivity contribution in [3.63, 3.8) is 0 Å². The number of nitrogens with one attached hydrogen (secondary N) is 2. The maximum atomic E-state index is 12.3. The normalized spacial score (nSPS) is 22.8. The van der Waals surface area contributed by atoms with Gasteiger partial charge in [0.1, 0.15) is 18.8 Å². The number of fused-ring (bicyclic) bond motifs is 1. The maximum absolute atomic E-state index is 12.3. The van der Waals surface area contributed by atoms with Crippen LogP contribution in [0, 0.1) is 0 Å². The minimum absolute atomic E-state index is 0.264. The van der Waals surface area contributed by atoms with Gasteiger partial charge in [0.15, 0.2) is 11.5 Å². The molecule has 8 heteroatoms. The van der Waals surface area contributed by atoms with E-state index in [1.54, 1.807) is 26.0 Å². The first-order chi connectivity index (χ1) is 10.9. The summed E-state index contributed by atoms with van der Waals surface area (Å²) in [6.07, 6.45) is 0.425. The van der Waals surface area contributed by atoms with E-state index in [0.29, 0.717) is 36.1 Å². The molecule has 0 aliphatic carbocycles. The van der Waals surface area contributed by atoms with E-state index in [0.717, 1.165) is 0 Å². The van der Waals surface area contributed by atoms with Crippen LogP contribution in [0.5, 0.6) is 11.5 Å². The fourth-order valence-corrected chi connectivity index (χ4v) is 2.38. The van der Waals surface area contributed by atoms with Crippen LogP contribution in [0.1, 0.15) is 30.6 Å². The first-order valence-electron chi connectivity index (χ1n) is 7.32. The number of rotatable bonds is 3. The Hall–Kier alpha value is -2.77. The van der Waals surface area contributed by atoms with Gasteiger partial charge in [0, 0.05) is 5.56 Å². The Morgan fingerprint density at radius 3 is 2.65 bits per heavy atom. The molecule has 0 radical (unpaired) electrons. The lowest BCUT2D eigenvalue weighted by molar-refractivity contribution is -0.132. The lowest BCUT2D eigenvalue weighted by Crippen LogP contribution is -2.48. The van der Waals surface area contributed by atoms with Gasteiger partial charge in [-0.05, 0) is 31.5 Å². The molecule has 3 rings (SSSR count). The monoisotopic (exact) mass is 319 g/mol. The Labute approximate surface area is 132 Å². The minimum atomic E-state index is -1.00. The number of carbonyl (C=O) groups is 3. The largest absolute Gasteiger partial charge is 0.486 e. The Morgan fingerprint density at radius 1 is 1.30 bits per heavy atom. The Kier molecular flexibility index (Phi) is 3.59. The summed E-state index contributed by atoms with van der Waals surface area (Å²) in [7, 11) is 0. The molecule has 0 aromatic heterocycles. The molecule has 1 fully saturated rings. The summed E-state index contributed by atoms with van der Waals surface area (Å²) in [5.41, 5.74) is 1.59. The summed E-state index contributed by atoms with van der Waals surface area (Å²) in [6, 6.07) is 4.03. The molecule has 1 saturated heterocycles. The van der Waals surface area contributed by atoms with Crippen molar-refractivity contribution >= 4 is 17.8 Å². The summed E-state index contributed by atoms with van der Waals surface area (Å²) < 4.78 is 10.8. The number of amides is 4. The zero-order valence-electron chi connectivity index (χ0n) is 12.8. The van der Waals surface area contributed by atoms with Crippen molar-refractivity contribution in [2.24, 2.45) is 0 Å². The number of hydrazine groups is 1. The van der Waals surface area contributed by atoms with Gasteiger partial charge in [-0.3, -0.25) is 15.0 Å². The predicted molar refractivity (Wildman–Crippen MR) is 79.0 cm³/mol. The third-order valence-corrected chi connectivity index (χ3v) is 3.99. The SMILES string of the molecule is CCC1(C)NC(=O)N(NC(=O)c2ccc3c(c2)OCCO3)C1=O. The Bertz CT molecular complexity index is 690. The Morgan fingerprint density at radius 2 is 2.00 bits per heavy atom. The average molecular weight is 319 g/mol. The third kappa shape index (κ3) is 2.56. The third-order valence-electron chi connectivity index (χ3n) is 3.99. The quantitative estimate of drug-likeness (QED) is 0.804. The van der Waals surface area contributed by atoms with Gasteiger partial charge < -0.3 is 14.8 Å². The molecule has 0 spiro atoms. The van der Waals surface area contributed by atoms with Crippen LogP contribution < -0.4 is 20.2 Å². The van der Waals surface area contributed by atoms with Gasteiger partial charge in [0.25, 0.3) is 11.8 Å². The molecule has 2 aliphatic heterocycles. The first kappa shape index (κ1) is 15.1. The molecular weight excluding hydrogens is 302 g/mol. The lowest BCUT2D eigenvalue weighted by atomic mass is 10.00. The van der Waals surface area contributed by atoms with Crippen molar-refractivity contribution in [1.82, 2.24) is 15.8 Å². The van der Waals surface area contributed by atoms with Crippen LogP contribution in [0.15, 0.2) is 18.2 Å². The molecule has 2 N–H and O–H groups in total. The molecule has 2 aliphatic rings. The number of urea groups is 1. The lowest BCUT2D eigenvalue weighted by Gasteiger charge is -2.20. The van der Waals surface area contributed by atoms with Gasteiger partial charge in [-0.25, -0.2) is 4.79 Å². The van der Waals surface area contributed by atoms with E-state index in [4.69, 9.17) is 9.47 Å². The van der Waals surface area contributed by atoms with Gasteiger partial charge >= 0.3 is 6.03 Å². The van der Waals surface area contributed by atoms with E-state index in [9.17, 15) is 14.4 Å². The number of hydrogen-bond donors (Lipinski definition) is 2. The summed E-state index contributed by atoms with van der Waals surface area (Å²) in [4.78, 5) is 36.4. The number of hydrogen-bond acceptors (Lipinski definition) is 5. The highest BCUT2D eigenvalue weighted by Gasteiger charge is 2.47. The van der Waals surface area contributed by atoms with Crippen molar-refractivity contribution in [1.29, 1.82) is 0 Å². The van der Waals surface area contributed by atoms with E-state index >= 15 is 0 Å². The van der Waals surface area contributed by atoms with Crippen LogP contribution in [-0.2, 0) is 4.79 Å². The summed E-state index contributed by atoms with van der Waals surface area (Å²) in [6.45, 7) is 4.25. The van der Waals surface area contributed by atoms with Crippen LogP contribution in [0.25, 0.3) is 0 Å². The van der Waals surface area contributed by atoms with Crippen LogP contribution in [0.4, 0.5) is 4.79 Å². The number of benzene rings is 1. The van der Waals surface area contributed by atoms with E-state index in [1.807, 2.05) is 0 Å². The van der Waals surface area contributed by atoms with E-state index in [-0.39, 0.29) is 5.56 Å². The van der Waals surface area contributed by atoms with Crippen LogP contribution in [0.3, 0.4) is 0 Å². The van der Waals surface area contributed by atoms with Crippen LogP contribution in [0.2, 0.25) is 0 Å². The second kappa shape index (κ2) is 5.45. The molecule has 1 atom stereocenters. The summed E-state index contributed by atoms with van der Waals surface area (Å²) in [5, 5.41) is 3.28. The fraction of sp³-hybridized carbons (Fsp3) is 0.400. The molecule has 2 heterocycles. The molecule has 1 aromatic rings. The zero-order chi connectivity index (χ0) is 16.6. The summed E-state index contributed by atoms with van der Waals surface area (Å²) in [5.74, 6) is -0.0532. The highest BCUT2D eigenvalue weighted by Crippen LogP contribution is 2.30. The number of ether oxygens (including phenoxy) is 2. The summed E-state index contributed by atoms with van der Waals surface area (Å²) >= 11 is 0. The average Bonchev–Trinajstić information content (AvgIpc) is 2.78. The highest BCUT2D eigenvalue weighted by molar-refractivity contribution is 6.09. The molecule has 0 saturated carbocycles. The number of imide groups is 1. The van der Waals surface area contributed by atoms with Crippen molar-refractivity contribution in [3.8, 4) is 11.5 Å². The fourth-order valence-electron chi connectivity index (χ4n) is 2.38. The topological polar surface area (TPSA) is 97.0 Å². The Balaban J connectivity index is 1.77. The predicted octanol–water partition coefficient (Wildman–Crippen LogP) is 0.823. The van der Waals surface area contributed by atoms with E-state index < -0.39 is 23.4 Å². The van der Waals surface area contributed by atoms with Gasteiger partial charge in [0.05, 0.1) is 0 Å². The van der Waals surface area contributed by atoms with Gasteiger partial charge in [-0.2, -0.15) is 5.01 Å². The van der Waals surface area contributed by atoms with Crippen LogP contribution >= 0.6 is 0 Å². The van der Waals surface area contributed by atoms with Crippen molar-refractivity contribution < 1.29 is 23.9 Å². The van der Waals surface area contributed by atoms with E-state index in [2.05, 4.69) is 10.7 Å². The molecule has 0 bridgehead atoms. The van der Waals surface area contributed by atoms with Crippen molar-refractivity contribution in [2.75, 3.05) is 13.2 Å². The molecule has 1 unspecified atom stereocenters. The second-order valence-electron chi connectivity index (χ2n) is 5.56. The molecule has 1 aromatic carbocycles. The molecule has 122 valence electrons. The van der Waals surface area contributed by atoms with Crippen molar-refractivity contribution in [3.05, 3.63) is 23.8 Å². The number of nitrogens with zero attached hydrogens (tertiary/aromatic N) is 1. The molecular formula is C15H17N3O5. The van der Waals surface area contributed by atoms with Gasteiger partial charge in [-0.1, -0.05) is 6.92 Å². The van der Waals surface area contributed by atoms with Gasteiger partial charge in [-0.15, -0.1) is 0 Å². The van der Waals surface area contributed by atoms with E-state index in [1.165, 1.54) is 6.07 Å². The van der Waals surface area contributed by atoms with Crippen LogP contribution in [-0.4, -0.2) is 41.6 Å². The molecule has 4 amide bonds. The maximum Gasteiger partial charge on any atom is 0.344 e. The standard InChI is InChI=1S/C15H17N3O5/c1-3-15(2)13(20)18(14(21)16-15)17-12(19)9-4-5-10-11(8-9)23-7-6-22-10/h4-5,8H,3,6-7H2,1-2H3,(H,16,21)(H,17,19). The highest BCUT2D eigenvalue weighted by atomic mass is 16.6. The minimum Gasteiger partial charge on any atom is -0.486 e. The molecule has 8 nitrogen and oxygen atoms in total. The first-order valence-corrected chi connectivity index (χ1v) is 7.32. The van der Waals surface area contributed by atoms with Gasteiger partial charge in [0.2, 0.25) is 0 Å². The number of carbonyl (C=O) groups excluding carboxylic acids is 3. The zero-order valence-corrected chi connectivity index (χ0v) is 12.8. The van der Waals surface area contributed by atoms with Crippen molar-refractivity contribution in [2.45, 2.75) is 25.8 Å². The second-order valence-corrected chi connectivity index (χ2v) is 5.56. The smallest absolute Gasteiger partial charge is 0.344 e.